The first kappa shape index (κ1) is 17.7. The van der Waals surface area contributed by atoms with Gasteiger partial charge in [0.2, 0.25) is 5.91 Å². The van der Waals surface area contributed by atoms with E-state index in [-0.39, 0.29) is 11.7 Å². The lowest BCUT2D eigenvalue weighted by atomic mass is 10.2. The summed E-state index contributed by atoms with van der Waals surface area (Å²) in [5.74, 6) is 0.839. The fourth-order valence-electron chi connectivity index (χ4n) is 2.41. The van der Waals surface area contributed by atoms with Crippen molar-refractivity contribution in [3.8, 4) is 5.75 Å². The molecule has 25 heavy (non-hydrogen) atoms. The molecule has 0 aliphatic heterocycles. The van der Waals surface area contributed by atoms with Gasteiger partial charge >= 0.3 is 0 Å². The van der Waals surface area contributed by atoms with Crippen molar-refractivity contribution in [1.29, 1.82) is 0 Å². The van der Waals surface area contributed by atoms with Crippen molar-refractivity contribution < 1.29 is 9.53 Å². The fraction of sp³-hybridized carbons (Fsp3) is 0.278. The predicted molar refractivity (Wildman–Crippen MR) is 104 cm³/mol. The number of ether oxygens (including phenoxy) is 1. The topological polar surface area (TPSA) is 64.1 Å². The Kier molecular flexibility index (Phi) is 5.55. The van der Waals surface area contributed by atoms with E-state index < -0.39 is 0 Å². The van der Waals surface area contributed by atoms with Crippen LogP contribution in [-0.2, 0) is 11.2 Å². The van der Waals surface area contributed by atoms with Crippen molar-refractivity contribution in [3.63, 3.8) is 0 Å². The minimum atomic E-state index is -0.0911. The van der Waals surface area contributed by atoms with Crippen LogP contribution in [0, 0.1) is 6.92 Å². The van der Waals surface area contributed by atoms with E-state index in [0.717, 1.165) is 27.2 Å². The van der Waals surface area contributed by atoms with Crippen LogP contribution < -0.4 is 10.1 Å². The van der Waals surface area contributed by atoms with Crippen LogP contribution in [0.25, 0.3) is 10.2 Å². The first-order valence-corrected chi connectivity index (χ1v) is 9.71. The van der Waals surface area contributed by atoms with Crippen LogP contribution in [0.3, 0.4) is 0 Å². The summed E-state index contributed by atoms with van der Waals surface area (Å²) in [5, 5.41) is 4.77. The Hall–Kier alpha value is -2.12. The number of nitrogens with zero attached hydrogens (tertiary/aromatic N) is 2. The van der Waals surface area contributed by atoms with Crippen LogP contribution in [0.15, 0.2) is 35.6 Å². The second-order valence-electron chi connectivity index (χ2n) is 5.50. The van der Waals surface area contributed by atoms with Gasteiger partial charge in [0.15, 0.2) is 0 Å². The Balaban J connectivity index is 1.71. The minimum Gasteiger partial charge on any atom is -0.495 e. The normalized spacial score (nSPS) is 10.8. The Bertz CT molecular complexity index is 908. The van der Waals surface area contributed by atoms with Gasteiger partial charge in [0.1, 0.15) is 21.9 Å². The van der Waals surface area contributed by atoms with Gasteiger partial charge in [-0.3, -0.25) is 4.79 Å². The molecule has 0 aliphatic carbocycles. The van der Waals surface area contributed by atoms with E-state index in [1.54, 1.807) is 24.8 Å². The molecular formula is C18H19N3O2S2. The number of thioether (sulfide) groups is 1. The summed E-state index contributed by atoms with van der Waals surface area (Å²) in [6, 6.07) is 7.81. The summed E-state index contributed by atoms with van der Waals surface area (Å²) in [7, 11) is 1.59. The molecule has 0 saturated carbocycles. The van der Waals surface area contributed by atoms with Crippen LogP contribution >= 0.6 is 23.1 Å². The van der Waals surface area contributed by atoms with Gasteiger partial charge in [-0.05, 0) is 37.1 Å². The van der Waals surface area contributed by atoms with Crippen molar-refractivity contribution >= 4 is 44.9 Å². The zero-order chi connectivity index (χ0) is 17.8. The molecular weight excluding hydrogens is 354 g/mol. The van der Waals surface area contributed by atoms with Crippen molar-refractivity contribution in [3.05, 3.63) is 41.0 Å². The van der Waals surface area contributed by atoms with E-state index in [4.69, 9.17) is 4.74 Å². The smallest absolute Gasteiger partial charge is 0.234 e. The van der Waals surface area contributed by atoms with E-state index in [2.05, 4.69) is 28.3 Å². The highest BCUT2D eigenvalue weighted by Gasteiger charge is 2.12. The second-order valence-corrected chi connectivity index (χ2v) is 7.58. The maximum atomic E-state index is 12.3. The number of anilines is 1. The average Bonchev–Trinajstić information content (AvgIpc) is 3.04. The Morgan fingerprint density at radius 3 is 2.92 bits per heavy atom. The van der Waals surface area contributed by atoms with Gasteiger partial charge in [-0.2, -0.15) is 0 Å². The van der Waals surface area contributed by atoms with E-state index in [0.29, 0.717) is 11.4 Å². The van der Waals surface area contributed by atoms with E-state index in [1.807, 2.05) is 25.1 Å². The molecule has 2 aromatic heterocycles. The number of nitrogens with one attached hydrogen (secondary N) is 1. The molecule has 0 bridgehead atoms. The summed E-state index contributed by atoms with van der Waals surface area (Å²) in [6.07, 6.45) is 2.53. The van der Waals surface area contributed by atoms with E-state index in [1.165, 1.54) is 16.6 Å². The largest absolute Gasteiger partial charge is 0.495 e. The first-order valence-electron chi connectivity index (χ1n) is 7.91. The molecule has 5 nitrogen and oxygen atoms in total. The van der Waals surface area contributed by atoms with E-state index in [9.17, 15) is 4.79 Å². The third-order valence-electron chi connectivity index (χ3n) is 3.66. The van der Waals surface area contributed by atoms with Crippen molar-refractivity contribution in [2.75, 3.05) is 18.2 Å². The van der Waals surface area contributed by atoms with Gasteiger partial charge in [-0.1, -0.05) is 24.8 Å². The molecule has 1 N–H and O–H groups in total. The minimum absolute atomic E-state index is 0.0911. The van der Waals surface area contributed by atoms with Gasteiger partial charge < -0.3 is 10.1 Å². The van der Waals surface area contributed by atoms with Crippen LogP contribution in [0.1, 0.15) is 17.4 Å². The number of hydrogen-bond acceptors (Lipinski definition) is 6. The van der Waals surface area contributed by atoms with Gasteiger partial charge in [0.25, 0.3) is 0 Å². The zero-order valence-corrected chi connectivity index (χ0v) is 16.0. The molecule has 0 aliphatic rings. The first-order chi connectivity index (χ1) is 12.1. The zero-order valence-electron chi connectivity index (χ0n) is 14.3. The molecule has 0 atom stereocenters. The number of carbonyl (C=O) groups excluding carboxylic acids is 1. The van der Waals surface area contributed by atoms with Crippen molar-refractivity contribution in [2.24, 2.45) is 0 Å². The van der Waals surface area contributed by atoms with Crippen molar-refractivity contribution in [2.45, 2.75) is 25.3 Å². The number of thiophene rings is 1. The van der Waals surface area contributed by atoms with Gasteiger partial charge in [0, 0.05) is 10.3 Å². The molecule has 3 rings (SSSR count). The Labute approximate surface area is 154 Å². The summed E-state index contributed by atoms with van der Waals surface area (Å²) in [4.78, 5) is 23.2. The van der Waals surface area contributed by atoms with Crippen LogP contribution in [0.2, 0.25) is 0 Å². The number of carbonyl (C=O) groups is 1. The lowest BCUT2D eigenvalue weighted by Crippen LogP contribution is -2.15. The number of amides is 1. The highest BCUT2D eigenvalue weighted by atomic mass is 32.2. The highest BCUT2D eigenvalue weighted by molar-refractivity contribution is 8.00. The number of fused-ring (bicyclic) bond motifs is 1. The van der Waals surface area contributed by atoms with Gasteiger partial charge in [-0.25, -0.2) is 9.97 Å². The Morgan fingerprint density at radius 2 is 2.16 bits per heavy atom. The van der Waals surface area contributed by atoms with E-state index >= 15 is 0 Å². The fourth-order valence-corrected chi connectivity index (χ4v) is 4.18. The Morgan fingerprint density at radius 1 is 1.32 bits per heavy atom. The molecule has 0 spiro atoms. The molecule has 0 unspecified atom stereocenters. The third kappa shape index (κ3) is 4.11. The van der Waals surface area contributed by atoms with Crippen LogP contribution in [0.5, 0.6) is 5.75 Å². The summed E-state index contributed by atoms with van der Waals surface area (Å²) < 4.78 is 5.30. The number of aromatic nitrogens is 2. The molecule has 1 amide bonds. The standard InChI is InChI=1S/C18H19N3O2S2/c1-4-12-8-13-17(19-10-20-18(13)25-12)24-9-16(22)21-14-7-11(2)5-6-15(14)23-3/h5-8,10H,4,9H2,1-3H3,(H,21,22). The number of hydrogen-bond donors (Lipinski definition) is 1. The molecule has 2 heterocycles. The molecule has 0 saturated heterocycles. The maximum absolute atomic E-state index is 12.3. The lowest BCUT2D eigenvalue weighted by Gasteiger charge is -2.11. The molecule has 0 fully saturated rings. The molecule has 130 valence electrons. The number of rotatable bonds is 6. The van der Waals surface area contributed by atoms with Crippen molar-refractivity contribution in [1.82, 2.24) is 9.97 Å². The molecule has 7 heteroatoms. The molecule has 0 radical (unpaired) electrons. The SMILES string of the molecule is CCc1cc2c(SCC(=O)Nc3cc(C)ccc3OC)ncnc2s1. The molecule has 3 aromatic rings. The average molecular weight is 374 g/mol. The lowest BCUT2D eigenvalue weighted by molar-refractivity contribution is -0.113. The van der Waals surface area contributed by atoms with Crippen LogP contribution in [0.4, 0.5) is 5.69 Å². The summed E-state index contributed by atoms with van der Waals surface area (Å²) >= 11 is 3.09. The molecule has 1 aromatic carbocycles. The number of methoxy groups -OCH3 is 1. The predicted octanol–water partition coefficient (Wildman–Crippen LogP) is 4.30. The third-order valence-corrected chi connectivity index (χ3v) is 5.85. The highest BCUT2D eigenvalue weighted by Crippen LogP contribution is 2.31. The number of benzene rings is 1. The van der Waals surface area contributed by atoms with Gasteiger partial charge in [-0.15, -0.1) is 11.3 Å². The quantitative estimate of drug-likeness (QED) is 0.515. The van der Waals surface area contributed by atoms with Gasteiger partial charge in [0.05, 0.1) is 18.6 Å². The van der Waals surface area contributed by atoms with Crippen LogP contribution in [-0.4, -0.2) is 28.7 Å². The maximum Gasteiger partial charge on any atom is 0.234 e. The monoisotopic (exact) mass is 373 g/mol. The summed E-state index contributed by atoms with van der Waals surface area (Å²) in [6.45, 7) is 4.09. The summed E-state index contributed by atoms with van der Waals surface area (Å²) in [5.41, 5.74) is 1.75. The number of aryl methyl sites for hydroxylation is 2. The second kappa shape index (κ2) is 7.84.